The van der Waals surface area contributed by atoms with Gasteiger partial charge >= 0.3 is 0 Å². The number of nitrogens with zero attached hydrogens (tertiary/aromatic N) is 1. The first-order valence-electron chi connectivity index (χ1n) is 6.07. The molecule has 0 bridgehead atoms. The second kappa shape index (κ2) is 6.49. The van der Waals surface area contributed by atoms with Gasteiger partial charge in [0.05, 0.1) is 0 Å². The molecule has 2 aromatic rings. The third-order valence-corrected chi connectivity index (χ3v) is 2.95. The van der Waals surface area contributed by atoms with Crippen molar-refractivity contribution in [3.63, 3.8) is 0 Å². The Bertz CT molecular complexity index is 679. The van der Waals surface area contributed by atoms with Crippen molar-refractivity contribution in [2.75, 3.05) is 12.4 Å². The van der Waals surface area contributed by atoms with E-state index in [2.05, 4.69) is 15.6 Å². The Balaban J connectivity index is 2.11. The molecule has 0 fully saturated rings. The number of carbonyl (C=O) groups excluding carboxylic acids is 1. The van der Waals surface area contributed by atoms with Crippen molar-refractivity contribution in [3.8, 4) is 0 Å². The first-order chi connectivity index (χ1) is 9.99. The Morgan fingerprint density at radius 3 is 2.76 bits per heavy atom. The molecule has 0 aliphatic carbocycles. The van der Waals surface area contributed by atoms with Crippen LogP contribution in [0.15, 0.2) is 30.3 Å². The number of hydrogen-bond donors (Lipinski definition) is 2. The van der Waals surface area contributed by atoms with Crippen molar-refractivity contribution >= 4 is 23.3 Å². The summed E-state index contributed by atoms with van der Waals surface area (Å²) in [7, 11) is 1.64. The number of aromatic nitrogens is 1. The Hall–Kier alpha value is -2.21. The monoisotopic (exact) mass is 311 g/mol. The van der Waals surface area contributed by atoms with E-state index in [4.69, 9.17) is 11.6 Å². The van der Waals surface area contributed by atoms with Crippen LogP contribution in [0, 0.1) is 11.6 Å². The van der Waals surface area contributed by atoms with E-state index in [-0.39, 0.29) is 22.8 Å². The van der Waals surface area contributed by atoms with Crippen LogP contribution in [0.2, 0.25) is 5.15 Å². The van der Waals surface area contributed by atoms with Gasteiger partial charge in [-0.1, -0.05) is 11.6 Å². The van der Waals surface area contributed by atoms with E-state index in [0.717, 1.165) is 18.2 Å². The molecule has 4 nitrogen and oxygen atoms in total. The smallest absolute Gasteiger partial charge is 0.251 e. The summed E-state index contributed by atoms with van der Waals surface area (Å²) in [6, 6.07) is 5.96. The number of benzene rings is 1. The van der Waals surface area contributed by atoms with Crippen LogP contribution in [-0.2, 0) is 6.54 Å². The van der Waals surface area contributed by atoms with Crippen LogP contribution in [0.4, 0.5) is 14.6 Å². The van der Waals surface area contributed by atoms with E-state index in [1.165, 1.54) is 12.1 Å². The normalized spacial score (nSPS) is 10.3. The first-order valence-corrected chi connectivity index (χ1v) is 6.45. The highest BCUT2D eigenvalue weighted by molar-refractivity contribution is 6.29. The summed E-state index contributed by atoms with van der Waals surface area (Å²) in [4.78, 5) is 15.9. The summed E-state index contributed by atoms with van der Waals surface area (Å²) >= 11 is 5.80. The molecule has 0 spiro atoms. The number of hydrogen-bond acceptors (Lipinski definition) is 3. The summed E-state index contributed by atoms with van der Waals surface area (Å²) in [5, 5.41) is 5.43. The van der Waals surface area contributed by atoms with Gasteiger partial charge in [0.25, 0.3) is 5.91 Å². The van der Waals surface area contributed by atoms with Crippen LogP contribution in [0.5, 0.6) is 0 Å². The zero-order chi connectivity index (χ0) is 15.4. The van der Waals surface area contributed by atoms with Crippen LogP contribution in [-0.4, -0.2) is 17.9 Å². The predicted octanol–water partition coefficient (Wildman–Crippen LogP) is 2.98. The summed E-state index contributed by atoms with van der Waals surface area (Å²) in [5.74, 6) is -1.17. The number of nitrogens with one attached hydrogen (secondary N) is 2. The van der Waals surface area contributed by atoms with Crippen molar-refractivity contribution < 1.29 is 13.6 Å². The Kier molecular flexibility index (Phi) is 4.70. The predicted molar refractivity (Wildman–Crippen MR) is 76.3 cm³/mol. The zero-order valence-corrected chi connectivity index (χ0v) is 11.8. The molecule has 0 aliphatic heterocycles. The molecule has 1 heterocycles. The maximum absolute atomic E-state index is 13.4. The van der Waals surface area contributed by atoms with Crippen LogP contribution in [0.3, 0.4) is 0 Å². The lowest BCUT2D eigenvalue weighted by Gasteiger charge is -2.08. The molecule has 1 amide bonds. The number of rotatable bonds is 4. The van der Waals surface area contributed by atoms with Gasteiger partial charge < -0.3 is 10.6 Å². The SMILES string of the molecule is CNc1cc(C(=O)NCc2cc(F)ccc2F)cc(Cl)n1. The van der Waals surface area contributed by atoms with Crippen molar-refractivity contribution in [2.24, 2.45) is 0 Å². The van der Waals surface area contributed by atoms with Crippen molar-refractivity contribution in [1.29, 1.82) is 0 Å². The molecule has 110 valence electrons. The second-order valence-corrected chi connectivity index (χ2v) is 4.62. The average molecular weight is 312 g/mol. The van der Waals surface area contributed by atoms with Gasteiger partial charge in [0.15, 0.2) is 0 Å². The second-order valence-electron chi connectivity index (χ2n) is 4.23. The van der Waals surface area contributed by atoms with Gasteiger partial charge in [-0.2, -0.15) is 0 Å². The van der Waals surface area contributed by atoms with Gasteiger partial charge in [-0.15, -0.1) is 0 Å². The number of carbonyl (C=O) groups is 1. The fourth-order valence-electron chi connectivity index (χ4n) is 1.71. The quantitative estimate of drug-likeness (QED) is 0.854. The van der Waals surface area contributed by atoms with E-state index in [0.29, 0.717) is 5.82 Å². The molecule has 2 N–H and O–H groups in total. The summed E-state index contributed by atoms with van der Waals surface area (Å²) in [5.41, 5.74) is 0.341. The van der Waals surface area contributed by atoms with Crippen LogP contribution in [0.25, 0.3) is 0 Å². The van der Waals surface area contributed by atoms with Crippen LogP contribution >= 0.6 is 11.6 Å². The maximum Gasteiger partial charge on any atom is 0.251 e. The Morgan fingerprint density at radius 2 is 2.05 bits per heavy atom. The molecule has 1 aromatic carbocycles. The lowest BCUT2D eigenvalue weighted by atomic mass is 10.2. The molecule has 7 heteroatoms. The molecule has 0 radical (unpaired) electrons. The number of anilines is 1. The average Bonchev–Trinajstić information content (AvgIpc) is 2.47. The summed E-state index contributed by atoms with van der Waals surface area (Å²) < 4.78 is 26.5. The third kappa shape index (κ3) is 3.88. The Morgan fingerprint density at radius 1 is 1.29 bits per heavy atom. The van der Waals surface area contributed by atoms with Gasteiger partial charge in [0, 0.05) is 24.7 Å². The van der Waals surface area contributed by atoms with E-state index in [1.807, 2.05) is 0 Å². The fourth-order valence-corrected chi connectivity index (χ4v) is 1.92. The molecule has 0 atom stereocenters. The highest BCUT2D eigenvalue weighted by Gasteiger charge is 2.10. The molecule has 0 saturated heterocycles. The first kappa shape index (κ1) is 15.2. The molecule has 0 saturated carbocycles. The van der Waals surface area contributed by atoms with Crippen molar-refractivity contribution in [2.45, 2.75) is 6.54 Å². The van der Waals surface area contributed by atoms with Crippen LogP contribution in [0.1, 0.15) is 15.9 Å². The van der Waals surface area contributed by atoms with Crippen molar-refractivity contribution in [3.05, 3.63) is 58.2 Å². The molecule has 21 heavy (non-hydrogen) atoms. The molecule has 0 aliphatic rings. The van der Waals surface area contributed by atoms with Gasteiger partial charge in [-0.3, -0.25) is 4.79 Å². The number of pyridine rings is 1. The van der Waals surface area contributed by atoms with Crippen LogP contribution < -0.4 is 10.6 Å². The van der Waals surface area contributed by atoms with E-state index < -0.39 is 17.5 Å². The molecule has 1 aromatic heterocycles. The topological polar surface area (TPSA) is 54.0 Å². The molecular formula is C14H12ClF2N3O. The highest BCUT2D eigenvalue weighted by Crippen LogP contribution is 2.15. The largest absolute Gasteiger partial charge is 0.373 e. The number of halogens is 3. The minimum Gasteiger partial charge on any atom is -0.373 e. The lowest BCUT2D eigenvalue weighted by molar-refractivity contribution is 0.0950. The van der Waals surface area contributed by atoms with E-state index in [9.17, 15) is 13.6 Å². The lowest BCUT2D eigenvalue weighted by Crippen LogP contribution is -2.23. The summed E-state index contributed by atoms with van der Waals surface area (Å²) in [6.07, 6.45) is 0. The van der Waals surface area contributed by atoms with Gasteiger partial charge in [0.1, 0.15) is 22.6 Å². The zero-order valence-electron chi connectivity index (χ0n) is 11.1. The van der Waals surface area contributed by atoms with E-state index >= 15 is 0 Å². The van der Waals surface area contributed by atoms with Gasteiger partial charge in [-0.05, 0) is 30.3 Å². The molecule has 0 unspecified atom stereocenters. The third-order valence-electron chi connectivity index (χ3n) is 2.76. The van der Waals surface area contributed by atoms with Gasteiger partial charge in [-0.25, -0.2) is 13.8 Å². The minimum absolute atomic E-state index is 0.0670. The van der Waals surface area contributed by atoms with Gasteiger partial charge in [0.2, 0.25) is 0 Å². The summed E-state index contributed by atoms with van der Waals surface area (Å²) in [6.45, 7) is -0.128. The highest BCUT2D eigenvalue weighted by atomic mass is 35.5. The fraction of sp³-hybridized carbons (Fsp3) is 0.143. The minimum atomic E-state index is -0.583. The molecular weight excluding hydrogens is 300 g/mol. The van der Waals surface area contributed by atoms with Crippen molar-refractivity contribution in [1.82, 2.24) is 10.3 Å². The molecule has 2 rings (SSSR count). The Labute approximate surface area is 125 Å². The standard InChI is InChI=1S/C14H12ClF2N3O/c1-18-13-6-8(5-12(15)20-13)14(21)19-7-9-4-10(16)2-3-11(9)17/h2-6H,7H2,1H3,(H,18,20)(H,19,21). The number of amides is 1. The van der Waals surface area contributed by atoms with E-state index in [1.54, 1.807) is 7.05 Å². The maximum atomic E-state index is 13.4.